The Bertz CT molecular complexity index is 1350. The molecule has 0 radical (unpaired) electrons. The molecule has 3 heterocycles. The molecule has 4 N–H and O–H groups in total. The Morgan fingerprint density at radius 2 is 2.06 bits per heavy atom. The fraction of sp³-hybridized carbons (Fsp3) is 0.273. The highest BCUT2D eigenvalue weighted by Crippen LogP contribution is 2.37. The minimum absolute atomic E-state index is 0.122. The van der Waals surface area contributed by atoms with E-state index in [0.717, 1.165) is 11.3 Å². The van der Waals surface area contributed by atoms with Crippen molar-refractivity contribution >= 4 is 23.4 Å². The second-order valence-corrected chi connectivity index (χ2v) is 7.67. The lowest BCUT2D eigenvalue weighted by Gasteiger charge is -2.17. The number of para-hydroxylation sites is 1. The number of aryl methyl sites for hydroxylation is 3. The number of carbonyl (C=O) groups is 1. The number of nitrogens with two attached hydrogens (primary N) is 1. The van der Waals surface area contributed by atoms with Crippen molar-refractivity contribution in [1.29, 1.82) is 0 Å². The van der Waals surface area contributed by atoms with Crippen LogP contribution in [0, 0.1) is 13.8 Å². The summed E-state index contributed by atoms with van der Waals surface area (Å²) in [4.78, 5) is 20.8. The van der Waals surface area contributed by atoms with Crippen LogP contribution in [-0.2, 0) is 7.05 Å². The number of carbonyl (C=O) groups excluding carboxylic acids is 1. The van der Waals surface area contributed by atoms with Crippen LogP contribution in [0.5, 0.6) is 5.75 Å². The Morgan fingerprint density at radius 3 is 2.68 bits per heavy atom. The Morgan fingerprint density at radius 1 is 1.26 bits per heavy atom. The summed E-state index contributed by atoms with van der Waals surface area (Å²) in [5.74, 6) is 1.03. The van der Waals surface area contributed by atoms with Crippen molar-refractivity contribution in [2.75, 3.05) is 17.7 Å². The normalized spacial score (nSPS) is 11.8. The Balaban J connectivity index is 1.69. The molecule has 3 aromatic heterocycles. The van der Waals surface area contributed by atoms with Gasteiger partial charge < -0.3 is 25.5 Å². The largest absolute Gasteiger partial charge is 0.494 e. The van der Waals surface area contributed by atoms with Crippen LogP contribution in [0.1, 0.15) is 40.5 Å². The zero-order chi connectivity index (χ0) is 24.4. The highest BCUT2D eigenvalue weighted by Gasteiger charge is 2.20. The van der Waals surface area contributed by atoms with E-state index in [0.29, 0.717) is 34.7 Å². The van der Waals surface area contributed by atoms with Crippen LogP contribution in [0.25, 0.3) is 11.5 Å². The summed E-state index contributed by atoms with van der Waals surface area (Å²) in [6.07, 6.45) is 3.31. The fourth-order valence-corrected chi connectivity index (χ4v) is 3.60. The second-order valence-electron chi connectivity index (χ2n) is 7.67. The summed E-state index contributed by atoms with van der Waals surface area (Å²) in [6.45, 7) is 5.61. The summed E-state index contributed by atoms with van der Waals surface area (Å²) in [5.41, 5.74) is 8.71. The number of nitrogens with zero attached hydrogens (tertiary/aromatic N) is 6. The third kappa shape index (κ3) is 4.51. The maximum atomic E-state index is 12.1. The molecular formula is C22H25N9O3. The number of aromatic nitrogens is 6. The number of nitrogens with one attached hydrogen (secondary N) is 2. The minimum atomic E-state index is -0.673. The fourth-order valence-electron chi connectivity index (χ4n) is 3.60. The van der Waals surface area contributed by atoms with Gasteiger partial charge in [0, 0.05) is 31.9 Å². The molecule has 4 rings (SSSR count). The van der Waals surface area contributed by atoms with Gasteiger partial charge in [-0.25, -0.2) is 4.98 Å². The highest BCUT2D eigenvalue weighted by molar-refractivity contribution is 5.98. The number of anilines is 3. The number of hydrogen-bond donors (Lipinski definition) is 3. The minimum Gasteiger partial charge on any atom is -0.494 e. The summed E-state index contributed by atoms with van der Waals surface area (Å²) < 4.78 is 12.9. The first kappa shape index (κ1) is 22.7. The second kappa shape index (κ2) is 9.17. The third-order valence-electron chi connectivity index (χ3n) is 5.15. The molecule has 0 bridgehead atoms. The zero-order valence-corrected chi connectivity index (χ0v) is 19.4. The number of benzene rings is 1. The van der Waals surface area contributed by atoms with E-state index < -0.39 is 5.91 Å². The lowest BCUT2D eigenvalue weighted by molar-refractivity contribution is 0.100. The van der Waals surface area contributed by atoms with Crippen LogP contribution in [0.3, 0.4) is 0 Å². The first-order valence-corrected chi connectivity index (χ1v) is 10.4. The first-order chi connectivity index (χ1) is 16.3. The van der Waals surface area contributed by atoms with Crippen LogP contribution in [0.15, 0.2) is 35.0 Å². The summed E-state index contributed by atoms with van der Waals surface area (Å²) in [5, 5.41) is 18.7. The molecule has 0 spiro atoms. The van der Waals surface area contributed by atoms with Gasteiger partial charge in [-0.1, -0.05) is 6.07 Å². The summed E-state index contributed by atoms with van der Waals surface area (Å²) in [6, 6.07) is 5.22. The number of hydrogen-bond acceptors (Lipinski definition) is 10. The smallest absolute Gasteiger partial charge is 0.254 e. The van der Waals surface area contributed by atoms with Crippen molar-refractivity contribution in [1.82, 2.24) is 29.9 Å². The van der Waals surface area contributed by atoms with Crippen LogP contribution in [0.2, 0.25) is 0 Å². The molecule has 0 saturated heterocycles. The molecule has 1 aromatic carbocycles. The first-order valence-electron chi connectivity index (χ1n) is 10.4. The molecule has 1 unspecified atom stereocenters. The van der Waals surface area contributed by atoms with Crippen LogP contribution in [0.4, 0.5) is 17.5 Å². The SMILES string of the molecule is COc1c(Nc2nc(NC(C)c3cn(C)nc3C)ncc2C(N)=O)cccc1-c1nnc(C)o1. The number of primary amides is 1. The van der Waals surface area contributed by atoms with Gasteiger partial charge in [-0.2, -0.15) is 10.1 Å². The third-order valence-corrected chi connectivity index (χ3v) is 5.15. The van der Waals surface area contributed by atoms with Crippen LogP contribution >= 0.6 is 0 Å². The van der Waals surface area contributed by atoms with Gasteiger partial charge in [-0.05, 0) is 26.0 Å². The molecule has 4 aromatic rings. The monoisotopic (exact) mass is 463 g/mol. The van der Waals surface area contributed by atoms with Crippen LogP contribution in [-0.4, -0.2) is 43.0 Å². The van der Waals surface area contributed by atoms with Crippen molar-refractivity contribution in [3.8, 4) is 17.2 Å². The van der Waals surface area contributed by atoms with E-state index in [4.69, 9.17) is 14.9 Å². The summed E-state index contributed by atoms with van der Waals surface area (Å²) in [7, 11) is 3.38. The molecule has 0 saturated carbocycles. The predicted octanol–water partition coefficient (Wildman–Crippen LogP) is 2.90. The number of rotatable bonds is 8. The average Bonchev–Trinajstić information content (AvgIpc) is 3.37. The standard InChI is InChI=1S/C22H25N9O3/c1-11(16-10-31(4)30-12(16)2)25-22-24-9-15(19(23)32)20(27-22)26-17-8-6-7-14(18(17)33-5)21-29-28-13(3)34-21/h6-11H,1-5H3,(H2,23,32)(H2,24,25,26,27). The van der Waals surface area contributed by atoms with Crippen LogP contribution < -0.4 is 21.1 Å². The molecule has 1 atom stereocenters. The molecule has 0 fully saturated rings. The number of ether oxygens (including phenoxy) is 1. The number of amides is 1. The van der Waals surface area contributed by atoms with Crippen molar-refractivity contribution in [2.45, 2.75) is 26.8 Å². The Kier molecular flexibility index (Phi) is 6.13. The van der Waals surface area contributed by atoms with Crippen molar-refractivity contribution in [2.24, 2.45) is 12.8 Å². The Labute approximate surface area is 195 Å². The van der Waals surface area contributed by atoms with E-state index >= 15 is 0 Å². The summed E-state index contributed by atoms with van der Waals surface area (Å²) >= 11 is 0. The molecule has 12 nitrogen and oxygen atoms in total. The molecule has 176 valence electrons. The van der Waals surface area contributed by atoms with E-state index in [1.807, 2.05) is 27.1 Å². The maximum Gasteiger partial charge on any atom is 0.254 e. The highest BCUT2D eigenvalue weighted by atomic mass is 16.5. The molecule has 12 heteroatoms. The van der Waals surface area contributed by atoms with Gasteiger partial charge in [0.05, 0.1) is 30.1 Å². The van der Waals surface area contributed by atoms with E-state index in [2.05, 4.69) is 35.9 Å². The van der Waals surface area contributed by atoms with Gasteiger partial charge in [0.25, 0.3) is 11.8 Å². The van der Waals surface area contributed by atoms with E-state index in [-0.39, 0.29) is 17.4 Å². The molecule has 0 aliphatic heterocycles. The van der Waals surface area contributed by atoms with Crippen molar-refractivity contribution in [3.63, 3.8) is 0 Å². The number of methoxy groups -OCH3 is 1. The lowest BCUT2D eigenvalue weighted by atomic mass is 10.1. The van der Waals surface area contributed by atoms with Crippen molar-refractivity contribution in [3.05, 3.63) is 53.3 Å². The molecule has 0 aliphatic rings. The molecule has 0 aliphatic carbocycles. The van der Waals surface area contributed by atoms with Crippen molar-refractivity contribution < 1.29 is 13.9 Å². The van der Waals surface area contributed by atoms with E-state index in [1.54, 1.807) is 29.8 Å². The Hall–Kier alpha value is -4.48. The van der Waals surface area contributed by atoms with Gasteiger partial charge in [0.2, 0.25) is 11.8 Å². The predicted molar refractivity (Wildman–Crippen MR) is 125 cm³/mol. The van der Waals surface area contributed by atoms with E-state index in [9.17, 15) is 4.79 Å². The maximum absolute atomic E-state index is 12.1. The molecule has 34 heavy (non-hydrogen) atoms. The molecular weight excluding hydrogens is 438 g/mol. The molecule has 1 amide bonds. The van der Waals surface area contributed by atoms with Gasteiger partial charge in [-0.3, -0.25) is 9.48 Å². The van der Waals surface area contributed by atoms with Gasteiger partial charge in [-0.15, -0.1) is 10.2 Å². The van der Waals surface area contributed by atoms with Gasteiger partial charge in [0.1, 0.15) is 11.4 Å². The van der Waals surface area contributed by atoms with Gasteiger partial charge in [0.15, 0.2) is 5.75 Å². The average molecular weight is 464 g/mol. The quantitative estimate of drug-likeness (QED) is 0.354. The zero-order valence-electron chi connectivity index (χ0n) is 19.4. The van der Waals surface area contributed by atoms with Gasteiger partial charge >= 0.3 is 0 Å². The van der Waals surface area contributed by atoms with E-state index in [1.165, 1.54) is 13.3 Å². The lowest BCUT2D eigenvalue weighted by Crippen LogP contribution is -2.17. The topological polar surface area (TPSA) is 159 Å².